The van der Waals surface area contributed by atoms with Crippen LogP contribution < -0.4 is 4.74 Å². The van der Waals surface area contributed by atoms with Crippen LogP contribution >= 0.6 is 0 Å². The summed E-state index contributed by atoms with van der Waals surface area (Å²) in [4.78, 5) is 17.1. The van der Waals surface area contributed by atoms with Crippen LogP contribution in [0.15, 0.2) is 42.5 Å². The lowest BCUT2D eigenvalue weighted by atomic mass is 9.92. The number of carbonyl (C=O) groups excluding carboxylic acids is 1. The molecular formula is C29H40N2O3. The number of rotatable bonds is 3. The van der Waals surface area contributed by atoms with Gasteiger partial charge in [0.25, 0.3) is 5.91 Å². The molecule has 4 rings (SSSR count). The van der Waals surface area contributed by atoms with E-state index in [0.717, 1.165) is 50.2 Å². The summed E-state index contributed by atoms with van der Waals surface area (Å²) < 4.78 is 6.20. The number of hydrogen-bond acceptors (Lipinski definition) is 4. The quantitative estimate of drug-likeness (QED) is 0.702. The van der Waals surface area contributed by atoms with Gasteiger partial charge in [0.2, 0.25) is 0 Å². The molecule has 5 nitrogen and oxygen atoms in total. The summed E-state index contributed by atoms with van der Waals surface area (Å²) in [6.07, 6.45) is 4.88. The van der Waals surface area contributed by atoms with Gasteiger partial charge < -0.3 is 14.7 Å². The van der Waals surface area contributed by atoms with Crippen molar-refractivity contribution in [3.8, 4) is 5.75 Å². The molecule has 1 amide bonds. The van der Waals surface area contributed by atoms with Crippen molar-refractivity contribution in [2.75, 3.05) is 32.8 Å². The van der Waals surface area contributed by atoms with Gasteiger partial charge in [0.1, 0.15) is 5.75 Å². The molecule has 2 heterocycles. The second-order valence-electron chi connectivity index (χ2n) is 11.2. The fraction of sp³-hybridized carbons (Fsp3) is 0.552. The predicted octanol–water partition coefficient (Wildman–Crippen LogP) is 4.90. The fourth-order valence-electron chi connectivity index (χ4n) is 4.67. The first-order valence-corrected chi connectivity index (χ1v) is 12.8. The summed E-state index contributed by atoms with van der Waals surface area (Å²) in [6.45, 7) is 11.7. The third-order valence-corrected chi connectivity index (χ3v) is 6.80. The summed E-state index contributed by atoms with van der Waals surface area (Å²) in [7, 11) is 0. The van der Waals surface area contributed by atoms with Crippen LogP contribution in [0.1, 0.15) is 73.5 Å². The van der Waals surface area contributed by atoms with E-state index in [0.29, 0.717) is 30.7 Å². The maximum absolute atomic E-state index is 12.8. The van der Waals surface area contributed by atoms with Gasteiger partial charge in [0.05, 0.1) is 12.7 Å². The van der Waals surface area contributed by atoms with E-state index in [-0.39, 0.29) is 5.91 Å². The zero-order valence-corrected chi connectivity index (χ0v) is 21.1. The highest BCUT2D eigenvalue weighted by Gasteiger charge is 2.29. The van der Waals surface area contributed by atoms with Crippen LogP contribution in [-0.4, -0.2) is 59.7 Å². The Morgan fingerprint density at radius 1 is 1.06 bits per heavy atom. The summed E-state index contributed by atoms with van der Waals surface area (Å²) in [5, 5.41) is 9.58. The lowest BCUT2D eigenvalue weighted by Gasteiger charge is -2.36. The van der Waals surface area contributed by atoms with Gasteiger partial charge in [-0.1, -0.05) is 45.0 Å². The van der Waals surface area contributed by atoms with Gasteiger partial charge in [0.15, 0.2) is 0 Å². The Morgan fingerprint density at radius 3 is 2.62 bits per heavy atom. The van der Waals surface area contributed by atoms with Gasteiger partial charge in [-0.25, -0.2) is 0 Å². The highest BCUT2D eigenvalue weighted by Crippen LogP contribution is 2.27. The zero-order chi connectivity index (χ0) is 24.1. The number of aliphatic hydroxyl groups is 1. The molecule has 0 unspecified atom stereocenters. The van der Waals surface area contributed by atoms with E-state index in [1.807, 2.05) is 18.2 Å². The summed E-state index contributed by atoms with van der Waals surface area (Å²) in [6, 6.07) is 14.6. The number of nitrogens with zero attached hydrogens (tertiary/aromatic N) is 2. The second-order valence-corrected chi connectivity index (χ2v) is 11.2. The Labute approximate surface area is 204 Å². The molecule has 0 atom stereocenters. The van der Waals surface area contributed by atoms with Gasteiger partial charge in [-0.3, -0.25) is 9.69 Å². The largest absolute Gasteiger partial charge is 0.493 e. The van der Waals surface area contributed by atoms with E-state index in [9.17, 15) is 9.90 Å². The first-order chi connectivity index (χ1) is 16.3. The predicted molar refractivity (Wildman–Crippen MR) is 136 cm³/mol. The van der Waals surface area contributed by atoms with Gasteiger partial charge in [-0.15, -0.1) is 0 Å². The molecule has 5 heteroatoms. The SMILES string of the molecule is CC(C)(C)CCN1CCCCCOc2ccc(C(=O)N3CC(O)C3)cc2Cc2cccc(c2)C1. The first-order valence-electron chi connectivity index (χ1n) is 12.8. The Balaban J connectivity index is 1.55. The van der Waals surface area contributed by atoms with Crippen LogP contribution in [0.4, 0.5) is 0 Å². The molecule has 0 saturated carbocycles. The van der Waals surface area contributed by atoms with Gasteiger partial charge in [-0.2, -0.15) is 0 Å². The van der Waals surface area contributed by atoms with E-state index in [1.165, 1.54) is 24.0 Å². The minimum atomic E-state index is -0.393. The van der Waals surface area contributed by atoms with Gasteiger partial charge in [-0.05, 0) is 79.1 Å². The standard InChI is InChI=1S/C29H40N2O3/c1-29(2,3)12-14-30-13-5-4-6-15-34-27-11-10-24(28(33)31-20-26(32)21-31)18-25(27)17-22-8-7-9-23(16-22)19-30/h7-11,16,18,26,32H,4-6,12-15,17,19-21H2,1-3H3. The average molecular weight is 465 g/mol. The second kappa shape index (κ2) is 10.9. The monoisotopic (exact) mass is 464 g/mol. The van der Waals surface area contributed by atoms with Crippen molar-refractivity contribution >= 4 is 5.91 Å². The van der Waals surface area contributed by atoms with E-state index < -0.39 is 6.10 Å². The molecule has 1 N–H and O–H groups in total. The third-order valence-electron chi connectivity index (χ3n) is 6.80. The summed E-state index contributed by atoms with van der Waals surface area (Å²) >= 11 is 0. The van der Waals surface area contributed by atoms with Crippen LogP contribution in [0.2, 0.25) is 0 Å². The molecule has 2 bridgehead atoms. The van der Waals surface area contributed by atoms with Crippen LogP contribution in [0.3, 0.4) is 0 Å². The summed E-state index contributed by atoms with van der Waals surface area (Å²) in [5.41, 5.74) is 4.62. The lowest BCUT2D eigenvalue weighted by Crippen LogP contribution is -2.53. The molecule has 2 aromatic carbocycles. The number of hydrogen-bond donors (Lipinski definition) is 1. The number of ether oxygens (including phenoxy) is 1. The van der Waals surface area contributed by atoms with Crippen LogP contribution in [0.5, 0.6) is 5.75 Å². The highest BCUT2D eigenvalue weighted by molar-refractivity contribution is 5.95. The van der Waals surface area contributed by atoms with Crippen LogP contribution in [0.25, 0.3) is 0 Å². The number of fused-ring (bicyclic) bond motifs is 3. The molecule has 0 spiro atoms. The Hall–Kier alpha value is -2.37. The van der Waals surface area contributed by atoms with Crippen molar-refractivity contribution in [1.82, 2.24) is 9.80 Å². The van der Waals surface area contributed by atoms with Crippen molar-refractivity contribution in [2.45, 2.75) is 65.5 Å². The molecule has 0 aromatic heterocycles. The maximum atomic E-state index is 12.8. The van der Waals surface area contributed by atoms with E-state index in [1.54, 1.807) is 4.90 Å². The lowest BCUT2D eigenvalue weighted by molar-refractivity contribution is 0.00588. The summed E-state index contributed by atoms with van der Waals surface area (Å²) in [5.74, 6) is 0.852. The first kappa shape index (κ1) is 24.7. The molecule has 1 saturated heterocycles. The number of aliphatic hydroxyl groups excluding tert-OH is 1. The van der Waals surface area contributed by atoms with Gasteiger partial charge in [0, 0.05) is 31.6 Å². The third kappa shape index (κ3) is 6.83. The smallest absolute Gasteiger partial charge is 0.254 e. The number of carbonyl (C=O) groups is 1. The molecule has 2 aliphatic rings. The number of β-amino-alcohol motifs (C(OH)–C–C–N with tert-alkyl or cyclic N) is 1. The molecule has 0 radical (unpaired) electrons. The average Bonchev–Trinajstić information content (AvgIpc) is 2.77. The zero-order valence-electron chi connectivity index (χ0n) is 21.1. The van der Waals surface area contributed by atoms with E-state index >= 15 is 0 Å². The number of benzene rings is 2. The van der Waals surface area contributed by atoms with Crippen LogP contribution in [-0.2, 0) is 13.0 Å². The number of likely N-dealkylation sites (tertiary alicyclic amines) is 1. The minimum Gasteiger partial charge on any atom is -0.493 e. The topological polar surface area (TPSA) is 53.0 Å². The highest BCUT2D eigenvalue weighted by atomic mass is 16.5. The fourth-order valence-corrected chi connectivity index (χ4v) is 4.67. The van der Waals surface area contributed by atoms with Crippen LogP contribution in [0, 0.1) is 5.41 Å². The number of amides is 1. The molecule has 184 valence electrons. The molecule has 1 fully saturated rings. The van der Waals surface area contributed by atoms with Gasteiger partial charge >= 0.3 is 0 Å². The molecular weight excluding hydrogens is 424 g/mol. The molecule has 2 aromatic rings. The van der Waals surface area contributed by atoms with Crippen molar-refractivity contribution in [2.24, 2.45) is 5.41 Å². The van der Waals surface area contributed by atoms with Crippen molar-refractivity contribution in [3.63, 3.8) is 0 Å². The Kier molecular flexibility index (Phi) is 7.95. The van der Waals surface area contributed by atoms with E-state index in [2.05, 4.69) is 49.9 Å². The molecule has 0 aliphatic carbocycles. The van der Waals surface area contributed by atoms with Crippen molar-refractivity contribution in [1.29, 1.82) is 0 Å². The Morgan fingerprint density at radius 2 is 1.85 bits per heavy atom. The van der Waals surface area contributed by atoms with E-state index in [4.69, 9.17) is 4.74 Å². The molecule has 2 aliphatic heterocycles. The minimum absolute atomic E-state index is 0.0178. The normalized spacial score (nSPS) is 18.4. The maximum Gasteiger partial charge on any atom is 0.254 e. The van der Waals surface area contributed by atoms with Crippen molar-refractivity contribution < 1.29 is 14.6 Å². The Bertz CT molecular complexity index is 976. The van der Waals surface area contributed by atoms with Crippen molar-refractivity contribution in [3.05, 3.63) is 64.7 Å². The molecule has 34 heavy (non-hydrogen) atoms.